The first-order valence-corrected chi connectivity index (χ1v) is 5.74. The lowest BCUT2D eigenvalue weighted by Gasteiger charge is -2.06. The van der Waals surface area contributed by atoms with Crippen LogP contribution in [-0.4, -0.2) is 19.9 Å². The van der Waals surface area contributed by atoms with Gasteiger partial charge in [-0.2, -0.15) is 13.2 Å². The molecule has 0 aliphatic rings. The third-order valence-corrected chi connectivity index (χ3v) is 2.67. The Labute approximate surface area is 116 Å². The smallest absolute Gasteiger partial charge is 0.357 e. The molecule has 0 spiro atoms. The number of pyridine rings is 1. The maximum Gasteiger partial charge on any atom is 0.432 e. The monoisotopic (exact) mass is 301 g/mol. The Hall–Kier alpha value is -2.65. The van der Waals surface area contributed by atoms with Gasteiger partial charge in [-0.25, -0.2) is 9.97 Å². The lowest BCUT2D eigenvalue weighted by molar-refractivity contribution is -0.384. The number of imidazole rings is 1. The standard InChI is InChI=1S/C11H10F3N5O2/c1-6-2-3-15-10(9(6)19(20)21)17-5-8-16-4-7(18-8)11(12,13)14/h2-4H,5H2,1H3,(H,15,17)(H,16,18). The number of anilines is 1. The van der Waals surface area contributed by atoms with Gasteiger partial charge in [-0.3, -0.25) is 10.1 Å². The molecule has 0 bridgehead atoms. The van der Waals surface area contributed by atoms with Gasteiger partial charge in [-0.05, 0) is 13.0 Å². The maximum atomic E-state index is 12.4. The van der Waals surface area contributed by atoms with Crippen molar-refractivity contribution in [3.05, 3.63) is 45.7 Å². The fourth-order valence-corrected chi connectivity index (χ4v) is 1.67. The number of H-pyrrole nitrogens is 1. The molecule has 0 fully saturated rings. The van der Waals surface area contributed by atoms with E-state index < -0.39 is 16.8 Å². The highest BCUT2D eigenvalue weighted by Gasteiger charge is 2.32. The van der Waals surface area contributed by atoms with E-state index in [0.717, 1.165) is 0 Å². The highest BCUT2D eigenvalue weighted by atomic mass is 19.4. The van der Waals surface area contributed by atoms with Gasteiger partial charge in [0.2, 0.25) is 5.82 Å². The summed E-state index contributed by atoms with van der Waals surface area (Å²) in [6, 6.07) is 1.47. The first-order chi connectivity index (χ1) is 9.79. The lowest BCUT2D eigenvalue weighted by Crippen LogP contribution is -2.08. The van der Waals surface area contributed by atoms with Gasteiger partial charge in [0, 0.05) is 11.8 Å². The zero-order valence-electron chi connectivity index (χ0n) is 10.7. The summed E-state index contributed by atoms with van der Waals surface area (Å²) in [5, 5.41) is 13.5. The van der Waals surface area contributed by atoms with Crippen molar-refractivity contribution in [1.29, 1.82) is 0 Å². The van der Waals surface area contributed by atoms with Crippen LogP contribution in [0.25, 0.3) is 0 Å². The second-order valence-corrected chi connectivity index (χ2v) is 4.18. The minimum Gasteiger partial charge on any atom is -0.357 e. The van der Waals surface area contributed by atoms with Crippen LogP contribution in [0.4, 0.5) is 24.7 Å². The van der Waals surface area contributed by atoms with Crippen LogP contribution >= 0.6 is 0 Å². The molecule has 0 saturated heterocycles. The van der Waals surface area contributed by atoms with Crippen LogP contribution in [0.15, 0.2) is 18.5 Å². The molecular formula is C11H10F3N5O2. The average molecular weight is 301 g/mol. The largest absolute Gasteiger partial charge is 0.432 e. The van der Waals surface area contributed by atoms with Gasteiger partial charge in [0.05, 0.1) is 17.7 Å². The summed E-state index contributed by atoms with van der Waals surface area (Å²) < 4.78 is 37.2. The Kier molecular flexibility index (Phi) is 3.78. The summed E-state index contributed by atoms with van der Waals surface area (Å²) in [5.74, 6) is -0.0233. The molecule has 21 heavy (non-hydrogen) atoms. The number of aromatic amines is 1. The summed E-state index contributed by atoms with van der Waals surface area (Å²) in [5.41, 5.74) is -0.806. The molecule has 2 aromatic rings. The SMILES string of the molecule is Cc1ccnc(NCc2ncc(C(F)(F)F)[nH]2)c1[N+](=O)[O-]. The molecule has 2 rings (SSSR count). The Morgan fingerprint density at radius 2 is 2.14 bits per heavy atom. The molecule has 2 aromatic heterocycles. The quantitative estimate of drug-likeness (QED) is 0.668. The van der Waals surface area contributed by atoms with E-state index in [1.807, 2.05) is 0 Å². The van der Waals surface area contributed by atoms with Crippen molar-refractivity contribution in [2.45, 2.75) is 19.6 Å². The van der Waals surface area contributed by atoms with Crippen molar-refractivity contribution < 1.29 is 18.1 Å². The van der Waals surface area contributed by atoms with Gasteiger partial charge in [0.1, 0.15) is 11.5 Å². The van der Waals surface area contributed by atoms with E-state index in [4.69, 9.17) is 0 Å². The van der Waals surface area contributed by atoms with Gasteiger partial charge >= 0.3 is 11.9 Å². The minimum atomic E-state index is -4.52. The topological polar surface area (TPSA) is 96.7 Å². The summed E-state index contributed by atoms with van der Waals surface area (Å²) in [6.07, 6.45) is -2.48. The number of nitrogens with zero attached hydrogens (tertiary/aromatic N) is 3. The fraction of sp³-hybridized carbons (Fsp3) is 0.273. The molecule has 10 heteroatoms. The van der Waals surface area contributed by atoms with Crippen molar-refractivity contribution in [3.8, 4) is 0 Å². The number of alkyl halides is 3. The zero-order valence-corrected chi connectivity index (χ0v) is 10.7. The van der Waals surface area contributed by atoms with Gasteiger partial charge in [-0.1, -0.05) is 0 Å². The van der Waals surface area contributed by atoms with Crippen LogP contribution in [0.5, 0.6) is 0 Å². The highest BCUT2D eigenvalue weighted by molar-refractivity contribution is 5.59. The molecule has 2 N–H and O–H groups in total. The van der Waals surface area contributed by atoms with Gasteiger partial charge in [0.25, 0.3) is 0 Å². The molecule has 112 valence electrons. The number of nitrogens with one attached hydrogen (secondary N) is 2. The van der Waals surface area contributed by atoms with E-state index in [1.54, 1.807) is 6.92 Å². The van der Waals surface area contributed by atoms with Gasteiger partial charge in [-0.15, -0.1) is 0 Å². The van der Waals surface area contributed by atoms with E-state index in [1.165, 1.54) is 12.3 Å². The van der Waals surface area contributed by atoms with Crippen LogP contribution in [-0.2, 0) is 12.7 Å². The van der Waals surface area contributed by atoms with Crippen LogP contribution in [0.1, 0.15) is 17.1 Å². The summed E-state index contributed by atoms with van der Waals surface area (Å²) in [6.45, 7) is 1.40. The normalized spacial score (nSPS) is 11.4. The van der Waals surface area contributed by atoms with E-state index >= 15 is 0 Å². The zero-order chi connectivity index (χ0) is 15.6. The maximum absolute atomic E-state index is 12.4. The number of hydrogen-bond donors (Lipinski definition) is 2. The summed E-state index contributed by atoms with van der Waals surface area (Å²) in [7, 11) is 0. The Morgan fingerprint density at radius 1 is 1.43 bits per heavy atom. The molecule has 0 aliphatic heterocycles. The van der Waals surface area contributed by atoms with Gasteiger partial charge < -0.3 is 10.3 Å². The van der Waals surface area contributed by atoms with E-state index in [9.17, 15) is 23.3 Å². The van der Waals surface area contributed by atoms with Crippen LogP contribution in [0.3, 0.4) is 0 Å². The predicted molar refractivity (Wildman–Crippen MR) is 66.5 cm³/mol. The summed E-state index contributed by atoms with van der Waals surface area (Å²) in [4.78, 5) is 19.8. The second kappa shape index (κ2) is 5.38. The fourth-order valence-electron chi connectivity index (χ4n) is 1.67. The predicted octanol–water partition coefficient (Wildman–Crippen LogP) is 2.65. The molecular weight excluding hydrogens is 291 g/mol. The molecule has 0 aliphatic carbocycles. The Morgan fingerprint density at radius 3 is 2.71 bits per heavy atom. The van der Waals surface area contributed by atoms with Gasteiger partial charge in [0.15, 0.2) is 0 Å². The van der Waals surface area contributed by atoms with Crippen LogP contribution in [0, 0.1) is 17.0 Å². The first-order valence-electron chi connectivity index (χ1n) is 5.74. The molecule has 0 atom stereocenters. The van der Waals surface area contributed by atoms with Crippen molar-refractivity contribution in [2.24, 2.45) is 0 Å². The Balaban J connectivity index is 2.16. The molecule has 7 nitrogen and oxygen atoms in total. The first kappa shape index (κ1) is 14.8. The van der Waals surface area contributed by atoms with Crippen molar-refractivity contribution >= 4 is 11.5 Å². The number of nitro groups is 1. The molecule has 0 saturated carbocycles. The molecule has 2 heterocycles. The number of hydrogen-bond acceptors (Lipinski definition) is 5. The van der Waals surface area contributed by atoms with E-state index in [2.05, 4.69) is 20.3 Å². The molecule has 0 aromatic carbocycles. The average Bonchev–Trinajstić information content (AvgIpc) is 2.84. The lowest BCUT2D eigenvalue weighted by atomic mass is 10.2. The number of aryl methyl sites for hydroxylation is 1. The number of aromatic nitrogens is 3. The van der Waals surface area contributed by atoms with Crippen molar-refractivity contribution in [3.63, 3.8) is 0 Å². The third-order valence-electron chi connectivity index (χ3n) is 2.67. The molecule has 0 amide bonds. The van der Waals surface area contributed by atoms with E-state index in [0.29, 0.717) is 11.8 Å². The minimum absolute atomic E-state index is 0.0000657. The van der Waals surface area contributed by atoms with Crippen LogP contribution in [0.2, 0.25) is 0 Å². The number of halogens is 3. The number of rotatable bonds is 4. The Bertz CT molecular complexity index is 668. The van der Waals surface area contributed by atoms with Crippen molar-refractivity contribution in [1.82, 2.24) is 15.0 Å². The van der Waals surface area contributed by atoms with E-state index in [-0.39, 0.29) is 23.9 Å². The van der Waals surface area contributed by atoms with Crippen molar-refractivity contribution in [2.75, 3.05) is 5.32 Å². The summed E-state index contributed by atoms with van der Waals surface area (Å²) >= 11 is 0. The highest BCUT2D eigenvalue weighted by Crippen LogP contribution is 2.28. The second-order valence-electron chi connectivity index (χ2n) is 4.18. The molecule has 0 unspecified atom stereocenters. The third kappa shape index (κ3) is 3.27. The van der Waals surface area contributed by atoms with Crippen LogP contribution < -0.4 is 5.32 Å². The molecule has 0 radical (unpaired) electrons.